The summed E-state index contributed by atoms with van der Waals surface area (Å²) in [7, 11) is 0. The Balaban J connectivity index is 2.47. The zero-order chi connectivity index (χ0) is 20.6. The van der Waals surface area contributed by atoms with E-state index in [-0.39, 0.29) is 13.1 Å². The lowest BCUT2D eigenvalue weighted by molar-refractivity contribution is -0.156. The minimum Gasteiger partial charge on any atom is -0.459 e. The number of hydrogen-bond donors (Lipinski definition) is 0. The number of imidazole rings is 1. The fraction of sp³-hybridized carbons (Fsp3) is 0.526. The number of benzene rings is 1. The minimum atomic E-state index is -0.681. The van der Waals surface area contributed by atoms with Crippen molar-refractivity contribution in [2.75, 3.05) is 0 Å². The van der Waals surface area contributed by atoms with Crippen LogP contribution < -0.4 is 5.69 Å². The van der Waals surface area contributed by atoms with Crippen LogP contribution in [0.2, 0.25) is 5.02 Å². The molecule has 0 spiro atoms. The van der Waals surface area contributed by atoms with E-state index >= 15 is 0 Å². The minimum absolute atomic E-state index is 0.283. The van der Waals surface area contributed by atoms with Crippen LogP contribution in [0.5, 0.6) is 0 Å². The van der Waals surface area contributed by atoms with Gasteiger partial charge in [0.1, 0.15) is 24.3 Å². The molecule has 1 aromatic heterocycles. The average molecular weight is 397 g/mol. The molecule has 0 unspecified atom stereocenters. The number of aromatic nitrogens is 2. The third-order valence-electron chi connectivity index (χ3n) is 3.40. The quantitative estimate of drug-likeness (QED) is 0.742. The molecule has 7 nitrogen and oxygen atoms in total. The van der Waals surface area contributed by atoms with Crippen molar-refractivity contribution in [3.63, 3.8) is 0 Å². The van der Waals surface area contributed by atoms with Gasteiger partial charge in [-0.2, -0.15) is 0 Å². The highest BCUT2D eigenvalue weighted by Gasteiger charge is 2.24. The topological polar surface area (TPSA) is 79.5 Å². The van der Waals surface area contributed by atoms with Crippen molar-refractivity contribution in [1.29, 1.82) is 0 Å². The van der Waals surface area contributed by atoms with Gasteiger partial charge >= 0.3 is 17.6 Å². The van der Waals surface area contributed by atoms with Gasteiger partial charge in [0.05, 0.1) is 16.1 Å². The molecule has 0 amide bonds. The van der Waals surface area contributed by atoms with Gasteiger partial charge in [0, 0.05) is 0 Å². The summed E-state index contributed by atoms with van der Waals surface area (Å²) in [6.45, 7) is 9.88. The van der Waals surface area contributed by atoms with Gasteiger partial charge in [-0.1, -0.05) is 17.7 Å². The lowest BCUT2D eigenvalue weighted by Crippen LogP contribution is -2.33. The highest BCUT2D eigenvalue weighted by atomic mass is 35.5. The molecule has 0 fully saturated rings. The first-order chi connectivity index (χ1) is 12.3. The van der Waals surface area contributed by atoms with Crippen molar-refractivity contribution in [2.24, 2.45) is 0 Å². The van der Waals surface area contributed by atoms with E-state index in [1.807, 2.05) is 0 Å². The number of rotatable bonds is 4. The van der Waals surface area contributed by atoms with Crippen molar-refractivity contribution < 1.29 is 19.1 Å². The second-order valence-electron chi connectivity index (χ2n) is 8.24. The molecule has 0 aliphatic rings. The van der Waals surface area contributed by atoms with Gasteiger partial charge in [-0.25, -0.2) is 4.79 Å². The highest BCUT2D eigenvalue weighted by Crippen LogP contribution is 2.23. The zero-order valence-corrected chi connectivity index (χ0v) is 17.2. The Bertz CT molecular complexity index is 928. The average Bonchev–Trinajstić information content (AvgIpc) is 2.70. The maximum Gasteiger partial charge on any atom is 0.330 e. The molecule has 0 aliphatic carbocycles. The molecule has 0 N–H and O–H groups in total. The van der Waals surface area contributed by atoms with E-state index in [1.165, 1.54) is 9.13 Å². The molecule has 0 aliphatic heterocycles. The van der Waals surface area contributed by atoms with E-state index < -0.39 is 28.8 Å². The molecule has 1 heterocycles. The first-order valence-corrected chi connectivity index (χ1v) is 8.97. The van der Waals surface area contributed by atoms with Crippen LogP contribution in [0.15, 0.2) is 23.0 Å². The van der Waals surface area contributed by atoms with Crippen LogP contribution in [0.4, 0.5) is 0 Å². The Kier molecular flexibility index (Phi) is 5.75. The van der Waals surface area contributed by atoms with Gasteiger partial charge in [-0.05, 0) is 53.7 Å². The van der Waals surface area contributed by atoms with Crippen LogP contribution in [0.3, 0.4) is 0 Å². The number of nitrogens with zero attached hydrogens (tertiary/aromatic N) is 2. The molecule has 0 saturated carbocycles. The van der Waals surface area contributed by atoms with E-state index in [0.717, 1.165) is 0 Å². The number of para-hydroxylation sites is 1. The molecule has 0 saturated heterocycles. The summed E-state index contributed by atoms with van der Waals surface area (Å²) in [6, 6.07) is 4.96. The van der Waals surface area contributed by atoms with E-state index in [1.54, 1.807) is 59.7 Å². The molecule has 148 valence electrons. The smallest absolute Gasteiger partial charge is 0.330 e. The number of halogens is 1. The fourth-order valence-corrected chi connectivity index (χ4v) is 2.91. The van der Waals surface area contributed by atoms with Crippen molar-refractivity contribution in [3.8, 4) is 0 Å². The molecule has 0 atom stereocenters. The SMILES string of the molecule is CC(C)(C)OC(=O)Cn1c(=O)n(CC(=O)OC(C)(C)C)c2c(Cl)cccc21. The summed E-state index contributed by atoms with van der Waals surface area (Å²) >= 11 is 6.27. The van der Waals surface area contributed by atoms with Crippen LogP contribution in [0.1, 0.15) is 41.5 Å². The molecule has 2 aromatic rings. The first kappa shape index (κ1) is 21.0. The summed E-state index contributed by atoms with van der Waals surface area (Å²) in [4.78, 5) is 37.3. The number of esters is 2. The van der Waals surface area contributed by atoms with Gasteiger partial charge in [-0.3, -0.25) is 18.7 Å². The Labute approximate surface area is 162 Å². The third-order valence-corrected chi connectivity index (χ3v) is 3.71. The second kappa shape index (κ2) is 7.38. The largest absolute Gasteiger partial charge is 0.459 e. The number of fused-ring (bicyclic) bond motifs is 1. The van der Waals surface area contributed by atoms with Gasteiger partial charge < -0.3 is 9.47 Å². The highest BCUT2D eigenvalue weighted by molar-refractivity contribution is 6.35. The second-order valence-corrected chi connectivity index (χ2v) is 8.64. The maximum absolute atomic E-state index is 12.9. The monoisotopic (exact) mass is 396 g/mol. The molecular formula is C19H25ClN2O5. The molecule has 27 heavy (non-hydrogen) atoms. The standard InChI is InChI=1S/C19H25ClN2O5/c1-18(2,3)26-14(23)10-21-13-9-7-8-12(20)16(13)22(17(21)25)11-15(24)27-19(4,5)6/h7-9H,10-11H2,1-6H3. The maximum atomic E-state index is 12.9. The van der Waals surface area contributed by atoms with Crippen LogP contribution in [-0.2, 0) is 32.2 Å². The molecule has 1 aromatic carbocycles. The normalized spacial score (nSPS) is 12.3. The van der Waals surface area contributed by atoms with Gasteiger partial charge in [0.2, 0.25) is 0 Å². The summed E-state index contributed by atoms with van der Waals surface area (Å²) < 4.78 is 13.1. The lowest BCUT2D eigenvalue weighted by atomic mass is 10.2. The number of carbonyl (C=O) groups is 2. The summed E-state index contributed by atoms with van der Waals surface area (Å²) in [5.74, 6) is -1.12. The Morgan fingerprint density at radius 1 is 0.926 bits per heavy atom. The summed E-state index contributed by atoms with van der Waals surface area (Å²) in [6.07, 6.45) is 0. The van der Waals surface area contributed by atoms with Gasteiger partial charge in [0.25, 0.3) is 0 Å². The van der Waals surface area contributed by atoms with E-state index in [4.69, 9.17) is 21.1 Å². The van der Waals surface area contributed by atoms with Crippen molar-refractivity contribution in [1.82, 2.24) is 9.13 Å². The van der Waals surface area contributed by atoms with E-state index in [9.17, 15) is 14.4 Å². The van der Waals surface area contributed by atoms with Crippen LogP contribution in [0.25, 0.3) is 11.0 Å². The number of ether oxygens (including phenoxy) is 2. The van der Waals surface area contributed by atoms with Crippen molar-refractivity contribution in [2.45, 2.75) is 65.8 Å². The van der Waals surface area contributed by atoms with E-state index in [0.29, 0.717) is 16.1 Å². The Morgan fingerprint density at radius 3 is 1.89 bits per heavy atom. The molecular weight excluding hydrogens is 372 g/mol. The number of hydrogen-bond acceptors (Lipinski definition) is 5. The molecule has 0 radical (unpaired) electrons. The predicted molar refractivity (Wildman–Crippen MR) is 103 cm³/mol. The zero-order valence-electron chi connectivity index (χ0n) is 16.5. The van der Waals surface area contributed by atoms with Gasteiger partial charge in [0.15, 0.2) is 0 Å². The predicted octanol–water partition coefficient (Wildman–Crippen LogP) is 3.14. The van der Waals surface area contributed by atoms with Crippen LogP contribution in [-0.4, -0.2) is 32.3 Å². The van der Waals surface area contributed by atoms with Crippen molar-refractivity contribution >= 4 is 34.6 Å². The lowest BCUT2D eigenvalue weighted by Gasteiger charge is -2.19. The molecule has 0 bridgehead atoms. The molecule has 8 heteroatoms. The molecule has 2 rings (SSSR count). The van der Waals surface area contributed by atoms with Gasteiger partial charge in [-0.15, -0.1) is 0 Å². The third kappa shape index (κ3) is 5.35. The van der Waals surface area contributed by atoms with Crippen LogP contribution >= 0.6 is 11.6 Å². The van der Waals surface area contributed by atoms with Crippen LogP contribution in [0, 0.1) is 0 Å². The number of carbonyl (C=O) groups excluding carboxylic acids is 2. The Morgan fingerprint density at radius 2 is 1.41 bits per heavy atom. The first-order valence-electron chi connectivity index (χ1n) is 8.60. The summed E-state index contributed by atoms with van der Waals surface area (Å²) in [5, 5.41) is 0.302. The summed E-state index contributed by atoms with van der Waals surface area (Å²) in [5.41, 5.74) is -1.07. The van der Waals surface area contributed by atoms with Crippen molar-refractivity contribution in [3.05, 3.63) is 33.7 Å². The fourth-order valence-electron chi connectivity index (χ4n) is 2.64. The Hall–Kier alpha value is -2.28. The van der Waals surface area contributed by atoms with E-state index in [2.05, 4.69) is 0 Å².